The lowest BCUT2D eigenvalue weighted by molar-refractivity contribution is -0.138. The van der Waals surface area contributed by atoms with Crippen LogP contribution in [0.2, 0.25) is 0 Å². The molecule has 0 radical (unpaired) electrons. The normalized spacial score (nSPS) is 29.9. The summed E-state index contributed by atoms with van der Waals surface area (Å²) in [7, 11) is 0. The van der Waals surface area contributed by atoms with Gasteiger partial charge in [0.1, 0.15) is 0 Å². The Balaban J connectivity index is 0.00000180. The molecule has 2 rings (SSSR count). The lowest BCUT2D eigenvalue weighted by Crippen LogP contribution is -2.52. The quantitative estimate of drug-likeness (QED) is 0.840. The zero-order valence-corrected chi connectivity index (χ0v) is 13.0. The Morgan fingerprint density at radius 3 is 2.16 bits per heavy atom. The van der Waals surface area contributed by atoms with E-state index < -0.39 is 0 Å². The second-order valence-electron chi connectivity index (χ2n) is 6.04. The average Bonchev–Trinajstić information content (AvgIpc) is 2.32. The number of rotatable bonds is 2. The Morgan fingerprint density at radius 2 is 1.63 bits per heavy atom. The van der Waals surface area contributed by atoms with Gasteiger partial charge in [0.05, 0.1) is 6.54 Å². The summed E-state index contributed by atoms with van der Waals surface area (Å²) >= 11 is 0. The first-order chi connectivity index (χ1) is 8.58. The van der Waals surface area contributed by atoms with Gasteiger partial charge in [-0.2, -0.15) is 0 Å². The maximum Gasteiger partial charge on any atom is 0.237 e. The average molecular weight is 290 g/mol. The van der Waals surface area contributed by atoms with Crippen molar-refractivity contribution >= 4 is 18.3 Å². The van der Waals surface area contributed by atoms with Crippen molar-refractivity contribution in [3.05, 3.63) is 0 Å². The first kappa shape index (κ1) is 16.7. The van der Waals surface area contributed by atoms with E-state index in [1.807, 2.05) is 0 Å². The molecule has 0 aromatic heterocycles. The summed E-state index contributed by atoms with van der Waals surface area (Å²) in [5.41, 5.74) is 5.89. The summed E-state index contributed by atoms with van der Waals surface area (Å²) < 4.78 is 0. The molecule has 0 spiro atoms. The number of nitrogens with two attached hydrogens (primary N) is 1. The largest absolute Gasteiger partial charge is 0.336 e. The summed E-state index contributed by atoms with van der Waals surface area (Å²) in [5, 5.41) is 0. The third-order valence-electron chi connectivity index (χ3n) is 4.47. The summed E-state index contributed by atoms with van der Waals surface area (Å²) in [5.74, 6) is 0.310. The minimum Gasteiger partial charge on any atom is -0.336 e. The molecule has 2 unspecified atom stereocenters. The number of hydrogen-bond donors (Lipinski definition) is 1. The summed E-state index contributed by atoms with van der Waals surface area (Å²) in [6, 6.07) is 1.16. The summed E-state index contributed by atoms with van der Waals surface area (Å²) in [6.07, 6.45) is 5.61. The van der Waals surface area contributed by atoms with Gasteiger partial charge in [0.2, 0.25) is 5.91 Å². The van der Waals surface area contributed by atoms with Gasteiger partial charge in [0.15, 0.2) is 0 Å². The molecule has 0 saturated carbocycles. The Labute approximate surface area is 123 Å². The van der Waals surface area contributed by atoms with Gasteiger partial charge in [-0.25, -0.2) is 0 Å². The third kappa shape index (κ3) is 4.33. The highest BCUT2D eigenvalue weighted by Crippen LogP contribution is 2.23. The standard InChI is InChI=1S/C14H27N3O.ClH/c1-11-4-3-5-12(2)17(11)14(18)10-16-8-6-13(15)7-9-16;/h11-13H,3-10,15H2,1-2H3;1H. The minimum absolute atomic E-state index is 0. The number of piperidine rings is 2. The fraction of sp³-hybridized carbons (Fsp3) is 0.929. The Kier molecular flexibility index (Phi) is 6.57. The topological polar surface area (TPSA) is 49.6 Å². The molecule has 0 bridgehead atoms. The van der Waals surface area contributed by atoms with E-state index in [1.165, 1.54) is 6.42 Å². The molecule has 2 N–H and O–H groups in total. The second-order valence-corrected chi connectivity index (χ2v) is 6.04. The number of amides is 1. The SMILES string of the molecule is CC1CCCC(C)N1C(=O)CN1CCC(N)CC1.Cl. The highest BCUT2D eigenvalue weighted by molar-refractivity contribution is 5.85. The molecule has 2 heterocycles. The molecule has 19 heavy (non-hydrogen) atoms. The van der Waals surface area contributed by atoms with Crippen LogP contribution in [0.1, 0.15) is 46.0 Å². The van der Waals surface area contributed by atoms with E-state index in [0.29, 0.717) is 30.6 Å². The van der Waals surface area contributed by atoms with E-state index >= 15 is 0 Å². The zero-order valence-electron chi connectivity index (χ0n) is 12.2. The van der Waals surface area contributed by atoms with Gasteiger partial charge in [-0.15, -0.1) is 12.4 Å². The van der Waals surface area contributed by atoms with Crippen molar-refractivity contribution in [2.45, 2.75) is 64.1 Å². The van der Waals surface area contributed by atoms with Gasteiger partial charge in [0, 0.05) is 31.2 Å². The van der Waals surface area contributed by atoms with E-state index in [-0.39, 0.29) is 12.4 Å². The van der Waals surface area contributed by atoms with Crippen LogP contribution in [-0.4, -0.2) is 53.5 Å². The molecule has 2 aliphatic heterocycles. The van der Waals surface area contributed by atoms with Crippen LogP contribution in [0.15, 0.2) is 0 Å². The van der Waals surface area contributed by atoms with Crippen LogP contribution in [0.4, 0.5) is 0 Å². The smallest absolute Gasteiger partial charge is 0.237 e. The van der Waals surface area contributed by atoms with Crippen molar-refractivity contribution in [3.63, 3.8) is 0 Å². The zero-order chi connectivity index (χ0) is 13.1. The first-order valence-electron chi connectivity index (χ1n) is 7.37. The highest BCUT2D eigenvalue weighted by atomic mass is 35.5. The number of nitrogens with zero attached hydrogens (tertiary/aromatic N) is 2. The predicted octanol–water partition coefficient (Wildman–Crippen LogP) is 1.62. The molecule has 0 aromatic carbocycles. The van der Waals surface area contributed by atoms with Gasteiger partial charge in [-0.3, -0.25) is 9.69 Å². The second kappa shape index (κ2) is 7.46. The fourth-order valence-corrected chi connectivity index (χ4v) is 3.30. The van der Waals surface area contributed by atoms with Crippen LogP contribution in [0.5, 0.6) is 0 Å². The van der Waals surface area contributed by atoms with Crippen molar-refractivity contribution in [1.29, 1.82) is 0 Å². The van der Waals surface area contributed by atoms with Crippen molar-refractivity contribution < 1.29 is 4.79 Å². The van der Waals surface area contributed by atoms with Gasteiger partial charge < -0.3 is 10.6 Å². The first-order valence-corrected chi connectivity index (χ1v) is 7.37. The number of halogens is 1. The van der Waals surface area contributed by atoms with Crippen molar-refractivity contribution in [2.24, 2.45) is 5.73 Å². The van der Waals surface area contributed by atoms with Crippen LogP contribution in [0.3, 0.4) is 0 Å². The van der Waals surface area contributed by atoms with E-state index in [0.717, 1.165) is 38.8 Å². The molecule has 4 nitrogen and oxygen atoms in total. The molecule has 1 amide bonds. The molecule has 112 valence electrons. The maximum absolute atomic E-state index is 12.4. The number of likely N-dealkylation sites (tertiary alicyclic amines) is 2. The highest BCUT2D eigenvalue weighted by Gasteiger charge is 2.30. The molecular weight excluding hydrogens is 262 g/mol. The third-order valence-corrected chi connectivity index (χ3v) is 4.47. The molecule has 0 aromatic rings. The van der Waals surface area contributed by atoms with E-state index in [2.05, 4.69) is 23.6 Å². The lowest BCUT2D eigenvalue weighted by atomic mass is 9.97. The molecule has 2 saturated heterocycles. The van der Waals surface area contributed by atoms with Crippen LogP contribution >= 0.6 is 12.4 Å². The number of carbonyl (C=O) groups is 1. The Morgan fingerprint density at radius 1 is 1.11 bits per heavy atom. The number of hydrogen-bond acceptors (Lipinski definition) is 3. The van der Waals surface area contributed by atoms with E-state index in [1.54, 1.807) is 0 Å². The van der Waals surface area contributed by atoms with E-state index in [4.69, 9.17) is 5.73 Å². The van der Waals surface area contributed by atoms with E-state index in [9.17, 15) is 4.79 Å². The van der Waals surface area contributed by atoms with Gasteiger partial charge in [-0.1, -0.05) is 0 Å². The van der Waals surface area contributed by atoms with Gasteiger partial charge in [-0.05, 0) is 46.0 Å². The van der Waals surface area contributed by atoms with Crippen molar-refractivity contribution in [1.82, 2.24) is 9.80 Å². The van der Waals surface area contributed by atoms with Gasteiger partial charge >= 0.3 is 0 Å². The number of carbonyl (C=O) groups excluding carboxylic acids is 1. The van der Waals surface area contributed by atoms with Crippen molar-refractivity contribution in [2.75, 3.05) is 19.6 Å². The molecule has 2 atom stereocenters. The van der Waals surface area contributed by atoms with Crippen LogP contribution in [0.25, 0.3) is 0 Å². The molecule has 5 heteroatoms. The molecule has 2 aliphatic rings. The molecule has 2 fully saturated rings. The monoisotopic (exact) mass is 289 g/mol. The Hall–Kier alpha value is -0.320. The van der Waals surface area contributed by atoms with Crippen LogP contribution in [0, 0.1) is 0 Å². The molecule has 0 aliphatic carbocycles. The fourth-order valence-electron chi connectivity index (χ4n) is 3.30. The molecular formula is C14H28ClN3O. The lowest BCUT2D eigenvalue weighted by Gasteiger charge is -2.40. The minimum atomic E-state index is 0. The summed E-state index contributed by atoms with van der Waals surface area (Å²) in [4.78, 5) is 16.8. The Bertz CT molecular complexity index is 282. The van der Waals surface area contributed by atoms with Crippen LogP contribution < -0.4 is 5.73 Å². The van der Waals surface area contributed by atoms with Crippen LogP contribution in [-0.2, 0) is 4.79 Å². The summed E-state index contributed by atoms with van der Waals surface area (Å²) in [6.45, 7) is 6.90. The van der Waals surface area contributed by atoms with Gasteiger partial charge in [0.25, 0.3) is 0 Å². The predicted molar refractivity (Wildman–Crippen MR) is 80.5 cm³/mol. The maximum atomic E-state index is 12.4. The van der Waals surface area contributed by atoms with Crippen molar-refractivity contribution in [3.8, 4) is 0 Å².